The highest BCUT2D eigenvalue weighted by atomic mass is 79.9. The molecule has 1 aliphatic rings. The van der Waals surface area contributed by atoms with Gasteiger partial charge in [-0.1, -0.05) is 34.1 Å². The Morgan fingerprint density at radius 1 is 1.37 bits per heavy atom. The molecule has 0 bridgehead atoms. The lowest BCUT2D eigenvalue weighted by Crippen LogP contribution is -2.48. The van der Waals surface area contributed by atoms with Gasteiger partial charge in [-0.2, -0.15) is 0 Å². The van der Waals surface area contributed by atoms with E-state index >= 15 is 0 Å². The molecule has 100 valence electrons. The van der Waals surface area contributed by atoms with Crippen molar-refractivity contribution < 1.29 is 4.74 Å². The van der Waals surface area contributed by atoms with Crippen molar-refractivity contribution in [3.63, 3.8) is 0 Å². The van der Waals surface area contributed by atoms with Crippen LogP contribution in [0.1, 0.15) is 6.92 Å². The highest BCUT2D eigenvalue weighted by molar-refractivity contribution is 9.09. The lowest BCUT2D eigenvalue weighted by atomic mass is 10.2. The Bertz CT molecular complexity index is 577. The molecule has 0 saturated carbocycles. The molecule has 4 nitrogen and oxygen atoms in total. The van der Waals surface area contributed by atoms with Crippen LogP contribution in [0.25, 0.3) is 10.9 Å². The largest absolute Gasteiger partial charge is 0.371 e. The summed E-state index contributed by atoms with van der Waals surface area (Å²) in [5.41, 5.74) is 0.988. The first-order valence-electron chi connectivity index (χ1n) is 6.44. The minimum absolute atomic E-state index is 0.193. The number of fused-ring (bicyclic) bond motifs is 1. The van der Waals surface area contributed by atoms with Gasteiger partial charge in [0.1, 0.15) is 0 Å². The maximum Gasteiger partial charge on any atom is 0.226 e. The van der Waals surface area contributed by atoms with Crippen molar-refractivity contribution in [2.24, 2.45) is 0 Å². The average Bonchev–Trinajstić information content (AvgIpc) is 2.46. The van der Waals surface area contributed by atoms with E-state index in [1.54, 1.807) is 0 Å². The van der Waals surface area contributed by atoms with Crippen molar-refractivity contribution in [2.75, 3.05) is 23.3 Å². The van der Waals surface area contributed by atoms with Crippen LogP contribution in [0.2, 0.25) is 0 Å². The summed E-state index contributed by atoms with van der Waals surface area (Å²) in [5, 5.41) is 1.91. The Morgan fingerprint density at radius 2 is 2.21 bits per heavy atom. The van der Waals surface area contributed by atoms with Crippen LogP contribution in [-0.2, 0) is 4.74 Å². The number of alkyl halides is 1. The zero-order chi connectivity index (χ0) is 13.2. The van der Waals surface area contributed by atoms with Gasteiger partial charge in [0.2, 0.25) is 5.95 Å². The SMILES string of the molecule is CC1CN(c2ncc3ccccc3n2)CC(CBr)O1. The molecule has 3 rings (SSSR count). The van der Waals surface area contributed by atoms with Gasteiger partial charge in [0.15, 0.2) is 0 Å². The van der Waals surface area contributed by atoms with Crippen molar-refractivity contribution in [2.45, 2.75) is 19.1 Å². The average molecular weight is 322 g/mol. The molecule has 0 amide bonds. The van der Waals surface area contributed by atoms with Crippen LogP contribution < -0.4 is 4.90 Å². The third kappa shape index (κ3) is 2.72. The number of ether oxygens (including phenoxy) is 1. The van der Waals surface area contributed by atoms with Gasteiger partial charge >= 0.3 is 0 Å². The van der Waals surface area contributed by atoms with Crippen LogP contribution in [0, 0.1) is 0 Å². The standard InChI is InChI=1S/C14H16BrN3O/c1-10-8-18(9-12(6-15)19-10)14-16-7-11-4-2-3-5-13(11)17-14/h2-5,7,10,12H,6,8-9H2,1H3. The maximum absolute atomic E-state index is 5.83. The molecule has 0 N–H and O–H groups in total. The van der Waals surface area contributed by atoms with E-state index in [1.807, 2.05) is 30.5 Å². The van der Waals surface area contributed by atoms with E-state index in [9.17, 15) is 0 Å². The number of benzene rings is 1. The van der Waals surface area contributed by atoms with Gasteiger partial charge in [-0.25, -0.2) is 9.97 Å². The van der Waals surface area contributed by atoms with Crippen LogP contribution in [0.5, 0.6) is 0 Å². The fourth-order valence-corrected chi connectivity index (χ4v) is 2.77. The van der Waals surface area contributed by atoms with Gasteiger partial charge in [0, 0.05) is 30.0 Å². The summed E-state index contributed by atoms with van der Waals surface area (Å²) in [7, 11) is 0. The molecule has 2 aromatic rings. The molecule has 0 spiro atoms. The zero-order valence-electron chi connectivity index (χ0n) is 10.8. The van der Waals surface area contributed by atoms with Crippen molar-refractivity contribution >= 4 is 32.8 Å². The van der Waals surface area contributed by atoms with Crippen molar-refractivity contribution in [1.29, 1.82) is 0 Å². The first-order chi connectivity index (χ1) is 9.26. The van der Waals surface area contributed by atoms with Crippen molar-refractivity contribution in [3.8, 4) is 0 Å². The van der Waals surface area contributed by atoms with Crippen LogP contribution in [0.3, 0.4) is 0 Å². The van der Waals surface area contributed by atoms with Crippen LogP contribution in [0.4, 0.5) is 5.95 Å². The molecule has 2 unspecified atom stereocenters. The van der Waals surface area contributed by atoms with E-state index in [4.69, 9.17) is 4.74 Å². The van der Waals surface area contributed by atoms with Crippen LogP contribution in [-0.4, -0.2) is 40.6 Å². The molecule has 1 aromatic carbocycles. The lowest BCUT2D eigenvalue weighted by molar-refractivity contribution is -0.00247. The fourth-order valence-electron chi connectivity index (χ4n) is 2.41. The number of nitrogens with zero attached hydrogens (tertiary/aromatic N) is 3. The molecule has 1 fully saturated rings. The molecule has 1 aliphatic heterocycles. The third-order valence-corrected chi connectivity index (χ3v) is 3.98. The summed E-state index contributed by atoms with van der Waals surface area (Å²) in [4.78, 5) is 11.3. The van der Waals surface area contributed by atoms with Gasteiger partial charge in [-0.05, 0) is 13.0 Å². The second-order valence-corrected chi connectivity index (χ2v) is 5.50. The Morgan fingerprint density at radius 3 is 3.05 bits per heavy atom. The number of halogens is 1. The Labute approximate surface area is 120 Å². The van der Waals surface area contributed by atoms with E-state index in [1.165, 1.54) is 0 Å². The first-order valence-corrected chi connectivity index (χ1v) is 7.56. The maximum atomic E-state index is 5.83. The molecule has 2 heterocycles. The molecule has 0 aliphatic carbocycles. The Hall–Kier alpha value is -1.20. The van der Waals surface area contributed by atoms with Crippen LogP contribution >= 0.6 is 15.9 Å². The molecular formula is C14H16BrN3O. The van der Waals surface area contributed by atoms with Gasteiger partial charge in [-0.3, -0.25) is 0 Å². The number of aromatic nitrogens is 2. The highest BCUT2D eigenvalue weighted by Crippen LogP contribution is 2.20. The molecular weight excluding hydrogens is 306 g/mol. The summed E-state index contributed by atoms with van der Waals surface area (Å²) in [6.45, 7) is 3.75. The van der Waals surface area contributed by atoms with E-state index in [-0.39, 0.29) is 12.2 Å². The predicted octanol–water partition coefficient (Wildman–Crippen LogP) is 2.62. The number of para-hydroxylation sites is 1. The summed E-state index contributed by atoms with van der Waals surface area (Å²) in [5.74, 6) is 0.791. The van der Waals surface area contributed by atoms with Gasteiger partial charge in [0.25, 0.3) is 0 Å². The van der Waals surface area contributed by atoms with E-state index in [2.05, 4.69) is 37.7 Å². The van der Waals surface area contributed by atoms with Gasteiger partial charge in [-0.15, -0.1) is 0 Å². The molecule has 1 aromatic heterocycles. The zero-order valence-corrected chi connectivity index (χ0v) is 12.4. The second kappa shape index (κ2) is 5.43. The predicted molar refractivity (Wildman–Crippen MR) is 79.9 cm³/mol. The van der Waals surface area contributed by atoms with E-state index < -0.39 is 0 Å². The van der Waals surface area contributed by atoms with Gasteiger partial charge < -0.3 is 9.64 Å². The smallest absolute Gasteiger partial charge is 0.226 e. The van der Waals surface area contributed by atoms with Gasteiger partial charge in [0.05, 0.1) is 17.7 Å². The second-order valence-electron chi connectivity index (χ2n) is 4.86. The Kier molecular flexibility index (Phi) is 3.66. The molecule has 0 radical (unpaired) electrons. The summed E-state index contributed by atoms with van der Waals surface area (Å²) < 4.78 is 5.83. The molecule has 2 atom stereocenters. The quantitative estimate of drug-likeness (QED) is 0.797. The molecule has 19 heavy (non-hydrogen) atoms. The number of hydrogen-bond donors (Lipinski definition) is 0. The fraction of sp³-hybridized carbons (Fsp3) is 0.429. The minimum Gasteiger partial charge on any atom is -0.371 e. The van der Waals surface area contributed by atoms with E-state index in [0.717, 1.165) is 35.3 Å². The first kappa shape index (κ1) is 12.8. The molecule has 1 saturated heterocycles. The Balaban J connectivity index is 1.90. The number of hydrogen-bond acceptors (Lipinski definition) is 4. The number of rotatable bonds is 2. The van der Waals surface area contributed by atoms with Crippen LogP contribution in [0.15, 0.2) is 30.5 Å². The number of anilines is 1. The third-order valence-electron chi connectivity index (χ3n) is 3.26. The summed E-state index contributed by atoms with van der Waals surface area (Å²) in [6.07, 6.45) is 2.28. The normalized spacial score (nSPS) is 23.8. The highest BCUT2D eigenvalue weighted by Gasteiger charge is 2.26. The van der Waals surface area contributed by atoms with Crippen molar-refractivity contribution in [3.05, 3.63) is 30.5 Å². The molecule has 5 heteroatoms. The monoisotopic (exact) mass is 321 g/mol. The van der Waals surface area contributed by atoms with E-state index in [0.29, 0.717) is 0 Å². The summed E-state index contributed by atoms with van der Waals surface area (Å²) in [6, 6.07) is 8.06. The number of morpholine rings is 1. The topological polar surface area (TPSA) is 38.2 Å². The minimum atomic E-state index is 0.193. The lowest BCUT2D eigenvalue weighted by Gasteiger charge is -2.36. The van der Waals surface area contributed by atoms with Crippen molar-refractivity contribution in [1.82, 2.24) is 9.97 Å². The summed E-state index contributed by atoms with van der Waals surface area (Å²) >= 11 is 3.49.